The molecule has 1 aliphatic heterocycles. The molecule has 1 fully saturated rings. The lowest BCUT2D eigenvalue weighted by Crippen LogP contribution is -2.36. The zero-order valence-electron chi connectivity index (χ0n) is 7.79. The molecule has 72 valence electrons. The van der Waals surface area contributed by atoms with E-state index in [0.717, 1.165) is 32.6 Å². The largest absolute Gasteiger partial charge is 0.300 e. The quantitative estimate of drug-likeness (QED) is 0.628. The van der Waals surface area contributed by atoms with Gasteiger partial charge in [-0.2, -0.15) is 0 Å². The molecule has 1 aliphatic rings. The lowest BCUT2D eigenvalue weighted by molar-refractivity contribution is 0.225. The number of hydrogen-bond donors (Lipinski definition) is 0. The van der Waals surface area contributed by atoms with Crippen LogP contribution in [0.1, 0.15) is 20.3 Å². The summed E-state index contributed by atoms with van der Waals surface area (Å²) in [6, 6.07) is 0.572. The number of likely N-dealkylation sites (N-methyl/N-ethyl adjacent to an activating group) is 1. The van der Waals surface area contributed by atoms with Crippen LogP contribution < -0.4 is 0 Å². The first kappa shape index (κ1) is 10.3. The fraction of sp³-hybridized carbons (Fsp3) is 1.00. The van der Waals surface area contributed by atoms with Crippen molar-refractivity contribution in [3.05, 3.63) is 0 Å². The van der Waals surface area contributed by atoms with Crippen LogP contribution in [0, 0.1) is 0 Å². The van der Waals surface area contributed by atoms with Gasteiger partial charge in [0.2, 0.25) is 0 Å². The van der Waals surface area contributed by atoms with Gasteiger partial charge in [-0.25, -0.2) is 4.31 Å². The van der Waals surface area contributed by atoms with E-state index >= 15 is 0 Å². The van der Waals surface area contributed by atoms with Gasteiger partial charge >= 0.3 is 0 Å². The van der Waals surface area contributed by atoms with Gasteiger partial charge in [0.05, 0.1) is 0 Å². The van der Waals surface area contributed by atoms with Crippen LogP contribution in [0.2, 0.25) is 0 Å². The Balaban J connectivity index is 2.34. The maximum absolute atomic E-state index is 12.2. The van der Waals surface area contributed by atoms with Gasteiger partial charge in [0.25, 0.3) is 0 Å². The van der Waals surface area contributed by atoms with E-state index in [0.29, 0.717) is 18.4 Å². The summed E-state index contributed by atoms with van der Waals surface area (Å²) in [7, 11) is 0. The van der Waals surface area contributed by atoms with Crippen molar-refractivity contribution in [3.63, 3.8) is 0 Å². The van der Waals surface area contributed by atoms with Gasteiger partial charge in [-0.3, -0.25) is 4.90 Å². The molecule has 0 aliphatic carbocycles. The lowest BCUT2D eigenvalue weighted by atomic mass is 10.2. The Kier molecular flexibility index (Phi) is 4.32. The summed E-state index contributed by atoms with van der Waals surface area (Å²) in [6.07, 6.45) is 1.11. The van der Waals surface area contributed by atoms with E-state index in [1.807, 2.05) is 0 Å². The van der Waals surface area contributed by atoms with Crippen molar-refractivity contribution in [2.45, 2.75) is 26.3 Å². The van der Waals surface area contributed by atoms with E-state index in [1.165, 1.54) is 0 Å². The molecule has 0 aromatic heterocycles. The summed E-state index contributed by atoms with van der Waals surface area (Å²) in [4.78, 5) is 2.40. The van der Waals surface area contributed by atoms with Crippen molar-refractivity contribution in [1.82, 2.24) is 9.21 Å². The highest BCUT2D eigenvalue weighted by Crippen LogP contribution is 2.22. The Labute approximate surface area is 78.5 Å². The second-order valence-electron chi connectivity index (χ2n) is 3.12. The smallest absolute Gasteiger partial charge is 0.134 e. The maximum Gasteiger partial charge on any atom is 0.134 e. The molecule has 0 N–H and O–H groups in total. The Morgan fingerprint density at radius 2 is 2.17 bits per heavy atom. The topological polar surface area (TPSA) is 6.48 Å². The van der Waals surface area contributed by atoms with Crippen molar-refractivity contribution in [1.29, 1.82) is 0 Å². The third-order valence-electron chi connectivity index (χ3n) is 2.55. The molecule has 0 amide bonds. The minimum atomic E-state index is 0.381. The van der Waals surface area contributed by atoms with Crippen molar-refractivity contribution in [2.75, 3.05) is 26.2 Å². The lowest BCUT2D eigenvalue weighted by Gasteiger charge is -2.25. The first-order valence-corrected chi connectivity index (χ1v) is 5.26. The molecule has 0 saturated carbocycles. The molecule has 0 bridgehead atoms. The molecule has 1 atom stereocenters. The predicted octanol–water partition coefficient (Wildman–Crippen LogP) is 1.94. The van der Waals surface area contributed by atoms with Crippen LogP contribution in [-0.4, -0.2) is 41.4 Å². The van der Waals surface area contributed by atoms with Gasteiger partial charge in [-0.15, -0.1) is 3.89 Å². The number of hydrogen-bond acceptors (Lipinski definition) is 3. The van der Waals surface area contributed by atoms with E-state index in [1.54, 1.807) is 4.31 Å². The highest BCUT2D eigenvalue weighted by atomic mass is 32.2. The average molecular weight is 192 g/mol. The van der Waals surface area contributed by atoms with Crippen molar-refractivity contribution < 1.29 is 3.89 Å². The van der Waals surface area contributed by atoms with Crippen LogP contribution in [-0.2, 0) is 0 Å². The normalized spacial score (nSPS) is 25.5. The van der Waals surface area contributed by atoms with Crippen LogP contribution in [0.4, 0.5) is 3.89 Å². The van der Waals surface area contributed by atoms with Gasteiger partial charge in [-0.1, -0.05) is 13.8 Å². The third-order valence-corrected chi connectivity index (χ3v) is 3.08. The average Bonchev–Trinajstić information content (AvgIpc) is 2.55. The first-order chi connectivity index (χ1) is 5.81. The molecule has 0 radical (unpaired) electrons. The highest BCUT2D eigenvalue weighted by molar-refractivity contribution is 7.91. The van der Waals surface area contributed by atoms with Crippen LogP contribution in [0.15, 0.2) is 0 Å². The summed E-state index contributed by atoms with van der Waals surface area (Å²) >= 11 is 0.381. The Bertz CT molecular complexity index is 130. The minimum absolute atomic E-state index is 0.381. The molecule has 1 saturated heterocycles. The zero-order valence-corrected chi connectivity index (χ0v) is 8.61. The molecule has 0 spiro atoms. The fourth-order valence-corrected chi connectivity index (χ4v) is 2.21. The molecule has 0 unspecified atom stereocenters. The van der Waals surface area contributed by atoms with E-state index in [2.05, 4.69) is 18.7 Å². The Hall–Kier alpha value is 0.200. The fourth-order valence-electron chi connectivity index (χ4n) is 1.81. The molecule has 0 aromatic rings. The second-order valence-corrected chi connectivity index (χ2v) is 3.78. The Morgan fingerprint density at radius 3 is 2.58 bits per heavy atom. The second kappa shape index (κ2) is 5.04. The molecular weight excluding hydrogens is 175 g/mol. The molecule has 2 nitrogen and oxygen atoms in total. The first-order valence-electron chi connectivity index (χ1n) is 4.59. The molecule has 1 heterocycles. The van der Waals surface area contributed by atoms with Crippen LogP contribution >= 0.6 is 12.3 Å². The summed E-state index contributed by atoms with van der Waals surface area (Å²) in [6.45, 7) is 8.24. The molecule has 1 rings (SSSR count). The van der Waals surface area contributed by atoms with Crippen LogP contribution in [0.5, 0.6) is 0 Å². The predicted molar refractivity (Wildman–Crippen MR) is 51.6 cm³/mol. The van der Waals surface area contributed by atoms with E-state index in [-0.39, 0.29) is 0 Å². The molecular formula is C8H17FN2S. The summed E-state index contributed by atoms with van der Waals surface area (Å²) in [5, 5.41) is 0. The van der Waals surface area contributed by atoms with Crippen molar-refractivity contribution in [3.8, 4) is 0 Å². The standard InChI is InChI=1S/C8H17FN2S/c1-3-10(4-2)8-5-6-11(7-8)12-9/h8H,3-7H2,1-2H3/t8-/m1/s1. The third kappa shape index (κ3) is 2.34. The van der Waals surface area contributed by atoms with E-state index in [9.17, 15) is 3.89 Å². The van der Waals surface area contributed by atoms with Gasteiger partial charge in [0.15, 0.2) is 0 Å². The number of halogens is 1. The van der Waals surface area contributed by atoms with Crippen molar-refractivity contribution >= 4 is 12.3 Å². The van der Waals surface area contributed by atoms with Crippen molar-refractivity contribution in [2.24, 2.45) is 0 Å². The van der Waals surface area contributed by atoms with Gasteiger partial charge < -0.3 is 0 Å². The summed E-state index contributed by atoms with van der Waals surface area (Å²) in [5.41, 5.74) is 0. The van der Waals surface area contributed by atoms with Gasteiger partial charge in [0, 0.05) is 19.1 Å². The molecule has 4 heteroatoms. The zero-order chi connectivity index (χ0) is 8.97. The summed E-state index contributed by atoms with van der Waals surface area (Å²) in [5.74, 6) is 0. The SMILES string of the molecule is CCN(CC)[C@@H]1CCN(SF)C1. The highest BCUT2D eigenvalue weighted by Gasteiger charge is 2.26. The summed E-state index contributed by atoms with van der Waals surface area (Å²) < 4.78 is 14.0. The van der Waals surface area contributed by atoms with E-state index < -0.39 is 0 Å². The minimum Gasteiger partial charge on any atom is -0.300 e. The Morgan fingerprint density at radius 1 is 1.50 bits per heavy atom. The van der Waals surface area contributed by atoms with Gasteiger partial charge in [0.1, 0.15) is 12.3 Å². The number of rotatable bonds is 4. The monoisotopic (exact) mass is 192 g/mol. The number of nitrogens with zero attached hydrogens (tertiary/aromatic N) is 2. The maximum atomic E-state index is 12.2. The van der Waals surface area contributed by atoms with Crippen LogP contribution in [0.25, 0.3) is 0 Å². The van der Waals surface area contributed by atoms with E-state index in [4.69, 9.17) is 0 Å². The van der Waals surface area contributed by atoms with Gasteiger partial charge in [-0.05, 0) is 19.5 Å². The molecule has 12 heavy (non-hydrogen) atoms. The molecule has 0 aromatic carbocycles. The van der Waals surface area contributed by atoms with Crippen LogP contribution in [0.3, 0.4) is 0 Å².